The highest BCUT2D eigenvalue weighted by molar-refractivity contribution is 6.25. The molecular formula is C35H37NO4. The van der Waals surface area contributed by atoms with Crippen LogP contribution in [0.15, 0.2) is 72.8 Å². The molecule has 0 aromatic heterocycles. The number of carbonyl (C=O) groups is 3. The van der Waals surface area contributed by atoms with E-state index in [9.17, 15) is 14.4 Å². The number of hydrogen-bond acceptors (Lipinski definition) is 4. The molecule has 2 amide bonds. The van der Waals surface area contributed by atoms with Crippen molar-refractivity contribution in [3.8, 4) is 0 Å². The summed E-state index contributed by atoms with van der Waals surface area (Å²) in [7, 11) is 0. The van der Waals surface area contributed by atoms with Crippen LogP contribution in [0.25, 0.3) is 0 Å². The van der Waals surface area contributed by atoms with Crippen LogP contribution in [0.1, 0.15) is 103 Å². The number of rotatable bonds is 11. The SMILES string of the molecule is CCCCCCCCCCOC(=O)c1ccccc1N1C(=O)[C@@H]2C3c4ccccc4C(c4ccccc43)[C@H]2C1=O. The van der Waals surface area contributed by atoms with E-state index in [-0.39, 0.29) is 29.2 Å². The monoisotopic (exact) mass is 535 g/mol. The summed E-state index contributed by atoms with van der Waals surface area (Å²) in [5.74, 6) is -2.25. The second kappa shape index (κ2) is 11.4. The molecule has 5 heteroatoms. The number of carbonyl (C=O) groups excluding carboxylic acids is 3. The molecule has 1 saturated heterocycles. The van der Waals surface area contributed by atoms with Crippen LogP contribution in [0.2, 0.25) is 0 Å². The second-order valence-electron chi connectivity index (χ2n) is 11.4. The zero-order valence-corrected chi connectivity index (χ0v) is 23.2. The quantitative estimate of drug-likeness (QED) is 0.146. The molecule has 1 fully saturated rings. The average molecular weight is 536 g/mol. The molecule has 0 N–H and O–H groups in total. The fourth-order valence-electron chi connectivity index (χ4n) is 7.23. The number of amides is 2. The van der Waals surface area contributed by atoms with Gasteiger partial charge in [0.1, 0.15) is 0 Å². The molecule has 0 spiro atoms. The van der Waals surface area contributed by atoms with Gasteiger partial charge in [0.05, 0.1) is 29.7 Å². The molecule has 3 aromatic rings. The highest BCUT2D eigenvalue weighted by Crippen LogP contribution is 2.61. The molecule has 3 aliphatic carbocycles. The van der Waals surface area contributed by atoms with Gasteiger partial charge >= 0.3 is 5.97 Å². The Hall–Kier alpha value is -3.73. The molecule has 0 saturated carbocycles. The maximum absolute atomic E-state index is 14.1. The summed E-state index contributed by atoms with van der Waals surface area (Å²) in [5, 5.41) is 0. The third-order valence-electron chi connectivity index (χ3n) is 9.04. The third-order valence-corrected chi connectivity index (χ3v) is 9.04. The van der Waals surface area contributed by atoms with Crippen molar-refractivity contribution in [1.29, 1.82) is 0 Å². The van der Waals surface area contributed by atoms with Crippen molar-refractivity contribution >= 4 is 23.5 Å². The normalized spacial score (nSPS) is 22.2. The molecule has 1 heterocycles. The van der Waals surface area contributed by atoms with E-state index in [0.717, 1.165) is 41.5 Å². The van der Waals surface area contributed by atoms with E-state index in [1.54, 1.807) is 24.3 Å². The molecule has 206 valence electrons. The largest absolute Gasteiger partial charge is 0.462 e. The van der Waals surface area contributed by atoms with Crippen molar-refractivity contribution in [3.63, 3.8) is 0 Å². The second-order valence-corrected chi connectivity index (χ2v) is 11.4. The van der Waals surface area contributed by atoms with Crippen molar-refractivity contribution in [2.75, 3.05) is 11.5 Å². The smallest absolute Gasteiger partial charge is 0.340 e. The Balaban J connectivity index is 1.21. The molecule has 4 aliphatic rings. The molecule has 0 radical (unpaired) electrons. The van der Waals surface area contributed by atoms with Crippen LogP contribution in [0, 0.1) is 11.8 Å². The highest BCUT2D eigenvalue weighted by Gasteiger charge is 2.62. The Morgan fingerprint density at radius 2 is 1.10 bits per heavy atom. The zero-order chi connectivity index (χ0) is 27.6. The van der Waals surface area contributed by atoms with Gasteiger partial charge in [-0.25, -0.2) is 9.69 Å². The van der Waals surface area contributed by atoms with Crippen LogP contribution in [-0.4, -0.2) is 24.4 Å². The van der Waals surface area contributed by atoms with E-state index in [1.807, 2.05) is 24.3 Å². The van der Waals surface area contributed by atoms with Crippen LogP contribution >= 0.6 is 0 Å². The van der Waals surface area contributed by atoms with Crippen LogP contribution in [-0.2, 0) is 14.3 Å². The van der Waals surface area contributed by atoms with E-state index in [4.69, 9.17) is 4.74 Å². The maximum atomic E-state index is 14.1. The van der Waals surface area contributed by atoms with Crippen LogP contribution in [0.4, 0.5) is 5.69 Å². The molecule has 2 atom stereocenters. The zero-order valence-electron chi connectivity index (χ0n) is 23.2. The number of para-hydroxylation sites is 1. The molecule has 5 nitrogen and oxygen atoms in total. The fraction of sp³-hybridized carbons (Fsp3) is 0.400. The van der Waals surface area contributed by atoms with Gasteiger partial charge in [0.2, 0.25) is 11.8 Å². The Morgan fingerprint density at radius 3 is 1.62 bits per heavy atom. The standard InChI is InChI=1S/C35H37NO4/c1-2-3-4-5-6-7-8-15-22-40-35(39)27-20-13-14-21-28(27)36-33(37)31-29-23-16-9-10-17-24(23)30(32(31)34(36)38)26-19-12-11-18-25(26)29/h9-14,16-21,29-32H,2-8,15,22H2,1H3/t29?,30?,31-,32-/m1/s1. The summed E-state index contributed by atoms with van der Waals surface area (Å²) in [6.07, 6.45) is 9.29. The van der Waals surface area contributed by atoms with Crippen molar-refractivity contribution in [2.24, 2.45) is 11.8 Å². The lowest BCUT2D eigenvalue weighted by atomic mass is 9.55. The summed E-state index contributed by atoms with van der Waals surface area (Å²) in [4.78, 5) is 42.7. The van der Waals surface area contributed by atoms with Crippen LogP contribution < -0.4 is 4.90 Å². The van der Waals surface area contributed by atoms with Gasteiger partial charge in [0.15, 0.2) is 0 Å². The first-order chi connectivity index (χ1) is 19.6. The number of ether oxygens (including phenoxy) is 1. The number of esters is 1. The first-order valence-electron chi connectivity index (χ1n) is 14.9. The van der Waals surface area contributed by atoms with Gasteiger partial charge in [-0.3, -0.25) is 9.59 Å². The lowest BCUT2D eigenvalue weighted by Crippen LogP contribution is -2.41. The van der Waals surface area contributed by atoms with E-state index in [0.29, 0.717) is 12.3 Å². The molecular weight excluding hydrogens is 498 g/mol. The molecule has 7 rings (SSSR count). The van der Waals surface area contributed by atoms with Gasteiger partial charge in [-0.2, -0.15) is 0 Å². The van der Waals surface area contributed by atoms with Gasteiger partial charge in [-0.1, -0.05) is 113 Å². The Bertz CT molecular complexity index is 1310. The van der Waals surface area contributed by atoms with Crippen LogP contribution in [0.3, 0.4) is 0 Å². The predicted octanol–water partition coefficient (Wildman–Crippen LogP) is 7.38. The summed E-state index contributed by atoms with van der Waals surface area (Å²) in [6, 6.07) is 23.3. The third kappa shape index (κ3) is 4.46. The number of benzene rings is 3. The van der Waals surface area contributed by atoms with E-state index < -0.39 is 17.8 Å². The average Bonchev–Trinajstić information content (AvgIpc) is 3.26. The molecule has 0 unspecified atom stereocenters. The minimum Gasteiger partial charge on any atom is -0.462 e. The maximum Gasteiger partial charge on any atom is 0.340 e. The molecule has 40 heavy (non-hydrogen) atoms. The van der Waals surface area contributed by atoms with Gasteiger partial charge in [0.25, 0.3) is 0 Å². The van der Waals surface area contributed by atoms with Gasteiger partial charge in [0, 0.05) is 11.8 Å². The Labute approximate surface area is 236 Å². The number of nitrogens with zero attached hydrogens (tertiary/aromatic N) is 1. The first-order valence-corrected chi connectivity index (χ1v) is 14.9. The van der Waals surface area contributed by atoms with Gasteiger partial charge < -0.3 is 4.74 Å². The van der Waals surface area contributed by atoms with E-state index in [1.165, 1.54) is 37.0 Å². The van der Waals surface area contributed by atoms with Crippen molar-refractivity contribution in [3.05, 3.63) is 101 Å². The molecule has 1 aliphatic heterocycles. The summed E-state index contributed by atoms with van der Waals surface area (Å²) in [6.45, 7) is 2.56. The number of hydrogen-bond donors (Lipinski definition) is 0. The number of anilines is 1. The number of imide groups is 1. The lowest BCUT2D eigenvalue weighted by molar-refractivity contribution is -0.122. The predicted molar refractivity (Wildman–Crippen MR) is 155 cm³/mol. The number of unbranched alkanes of at least 4 members (excludes halogenated alkanes) is 7. The minimum absolute atomic E-state index is 0.176. The highest BCUT2D eigenvalue weighted by atomic mass is 16.5. The molecule has 3 aromatic carbocycles. The topological polar surface area (TPSA) is 63.7 Å². The minimum atomic E-state index is -0.483. The van der Waals surface area contributed by atoms with E-state index in [2.05, 4.69) is 31.2 Å². The Kier molecular flexibility index (Phi) is 7.55. The summed E-state index contributed by atoms with van der Waals surface area (Å²) >= 11 is 0. The lowest BCUT2D eigenvalue weighted by Gasteiger charge is -2.45. The molecule has 2 bridgehead atoms. The van der Waals surface area contributed by atoms with E-state index >= 15 is 0 Å². The first kappa shape index (κ1) is 26.5. The summed E-state index contributed by atoms with van der Waals surface area (Å²) in [5.41, 5.74) is 5.13. The van der Waals surface area contributed by atoms with Crippen molar-refractivity contribution < 1.29 is 19.1 Å². The summed E-state index contributed by atoms with van der Waals surface area (Å²) < 4.78 is 5.63. The van der Waals surface area contributed by atoms with Crippen molar-refractivity contribution in [1.82, 2.24) is 0 Å². The van der Waals surface area contributed by atoms with Gasteiger partial charge in [-0.05, 0) is 40.8 Å². The van der Waals surface area contributed by atoms with Crippen molar-refractivity contribution in [2.45, 2.75) is 70.1 Å². The fourth-order valence-corrected chi connectivity index (χ4v) is 7.23. The Morgan fingerprint density at radius 1 is 0.650 bits per heavy atom. The van der Waals surface area contributed by atoms with Gasteiger partial charge in [-0.15, -0.1) is 0 Å². The van der Waals surface area contributed by atoms with Crippen LogP contribution in [0.5, 0.6) is 0 Å².